The summed E-state index contributed by atoms with van der Waals surface area (Å²) in [6.07, 6.45) is 6.27. The molecule has 149 valence electrons. The predicted molar refractivity (Wildman–Crippen MR) is 110 cm³/mol. The summed E-state index contributed by atoms with van der Waals surface area (Å²) in [6.45, 7) is 6.34. The second kappa shape index (κ2) is 11.3. The van der Waals surface area contributed by atoms with E-state index < -0.39 is 0 Å². The molecule has 2 amide bonds. The highest BCUT2D eigenvalue weighted by Crippen LogP contribution is 2.23. The molecule has 1 heterocycles. The van der Waals surface area contributed by atoms with Gasteiger partial charge in [-0.05, 0) is 43.6 Å². The lowest BCUT2D eigenvalue weighted by molar-refractivity contribution is -0.131. The third kappa shape index (κ3) is 6.84. The second-order valence-corrected chi connectivity index (χ2v) is 7.58. The third-order valence-corrected chi connectivity index (χ3v) is 4.89. The Kier molecular flexibility index (Phi) is 8.74. The van der Waals surface area contributed by atoms with Crippen LogP contribution in [0.1, 0.15) is 51.5 Å². The lowest BCUT2D eigenvalue weighted by Gasteiger charge is -2.35. The number of amides is 2. The van der Waals surface area contributed by atoms with Gasteiger partial charge in [0.1, 0.15) is 11.6 Å². The van der Waals surface area contributed by atoms with Crippen molar-refractivity contribution < 1.29 is 9.59 Å². The van der Waals surface area contributed by atoms with E-state index in [1.54, 1.807) is 17.5 Å². The second-order valence-electron chi connectivity index (χ2n) is 7.58. The lowest BCUT2D eigenvalue weighted by Crippen LogP contribution is -2.44. The molecule has 5 heteroatoms. The van der Waals surface area contributed by atoms with Crippen LogP contribution in [0.15, 0.2) is 42.0 Å². The molecule has 1 aromatic rings. The van der Waals surface area contributed by atoms with Crippen LogP contribution in [0.25, 0.3) is 0 Å². The van der Waals surface area contributed by atoms with Gasteiger partial charge >= 0.3 is 0 Å². The van der Waals surface area contributed by atoms with Crippen molar-refractivity contribution in [1.29, 1.82) is 5.26 Å². The Morgan fingerprint density at radius 1 is 1.29 bits per heavy atom. The highest BCUT2D eigenvalue weighted by atomic mass is 16.2. The Hall–Kier alpha value is -2.61. The molecule has 1 saturated heterocycles. The molecular formula is C23H30N3O2. The summed E-state index contributed by atoms with van der Waals surface area (Å²) in [6, 6.07) is 12.0. The van der Waals surface area contributed by atoms with Gasteiger partial charge in [-0.1, -0.05) is 50.3 Å². The molecule has 1 fully saturated rings. The molecule has 1 aromatic carbocycles. The van der Waals surface area contributed by atoms with Gasteiger partial charge in [0.05, 0.1) is 6.54 Å². The van der Waals surface area contributed by atoms with Crippen molar-refractivity contribution in [2.24, 2.45) is 5.92 Å². The van der Waals surface area contributed by atoms with Crippen molar-refractivity contribution in [3.8, 4) is 6.07 Å². The quantitative estimate of drug-likeness (QED) is 0.551. The first-order valence-electron chi connectivity index (χ1n) is 10.1. The van der Waals surface area contributed by atoms with E-state index in [1.165, 1.54) is 0 Å². The Morgan fingerprint density at radius 2 is 2.04 bits per heavy atom. The number of rotatable bonds is 8. The fourth-order valence-electron chi connectivity index (χ4n) is 3.48. The molecule has 1 N–H and O–H groups in total. The van der Waals surface area contributed by atoms with Crippen molar-refractivity contribution in [2.75, 3.05) is 6.54 Å². The van der Waals surface area contributed by atoms with Crippen LogP contribution in [0.5, 0.6) is 0 Å². The number of hydrogen-bond acceptors (Lipinski definition) is 3. The summed E-state index contributed by atoms with van der Waals surface area (Å²) < 4.78 is 0. The monoisotopic (exact) mass is 380 g/mol. The number of piperidine rings is 1. The molecule has 5 nitrogen and oxygen atoms in total. The smallest absolute Gasteiger partial charge is 0.264 e. The van der Waals surface area contributed by atoms with Crippen LogP contribution in [-0.2, 0) is 16.0 Å². The maximum Gasteiger partial charge on any atom is 0.264 e. The van der Waals surface area contributed by atoms with E-state index in [1.807, 2.05) is 50.2 Å². The van der Waals surface area contributed by atoms with Gasteiger partial charge in [0, 0.05) is 19.0 Å². The molecule has 28 heavy (non-hydrogen) atoms. The number of carbonyl (C=O) groups excluding carboxylic acids is 2. The van der Waals surface area contributed by atoms with Gasteiger partial charge in [-0.25, -0.2) is 0 Å². The topological polar surface area (TPSA) is 73.2 Å². The van der Waals surface area contributed by atoms with Crippen molar-refractivity contribution >= 4 is 11.8 Å². The van der Waals surface area contributed by atoms with Gasteiger partial charge in [-0.3, -0.25) is 9.59 Å². The Balaban J connectivity index is 1.84. The van der Waals surface area contributed by atoms with Crippen LogP contribution in [0.4, 0.5) is 0 Å². The standard InChI is InChI=1S/C23H30N3O2/c1-18(2)16-20(17-24)23(28)26-15-7-6-10-21(26)11-12-22(27)25-14-13-19-8-4-3-5-9-19/h3-5,8-9,14,16,18,21H,6-7,10-13,15H2,1-2H3,(H,25,27). The van der Waals surface area contributed by atoms with E-state index in [0.29, 0.717) is 25.8 Å². The molecule has 1 aliphatic heterocycles. The zero-order valence-electron chi connectivity index (χ0n) is 16.9. The lowest BCUT2D eigenvalue weighted by atomic mass is 9.96. The highest BCUT2D eigenvalue weighted by Gasteiger charge is 2.29. The Morgan fingerprint density at radius 3 is 2.71 bits per heavy atom. The SMILES string of the molecule is CC(C)C=C(C#N)C(=O)N1CCCCC1CCC(=O)N[CH]Cc1ccccc1. The van der Waals surface area contributed by atoms with Crippen molar-refractivity contribution in [2.45, 2.75) is 58.4 Å². The molecule has 0 aliphatic carbocycles. The van der Waals surface area contributed by atoms with E-state index in [0.717, 1.165) is 24.8 Å². The van der Waals surface area contributed by atoms with Crippen LogP contribution in [0.2, 0.25) is 0 Å². The Labute approximate surface area is 168 Å². The number of likely N-dealkylation sites (tertiary alicyclic amines) is 1. The van der Waals surface area contributed by atoms with Crippen LogP contribution in [0, 0.1) is 23.8 Å². The number of nitriles is 1. The summed E-state index contributed by atoms with van der Waals surface area (Å²) in [5.74, 6) is -0.0862. The molecule has 1 atom stereocenters. The first kappa shape index (κ1) is 21.7. The van der Waals surface area contributed by atoms with Crippen LogP contribution < -0.4 is 5.32 Å². The van der Waals surface area contributed by atoms with Gasteiger partial charge < -0.3 is 10.2 Å². The van der Waals surface area contributed by atoms with E-state index in [-0.39, 0.29) is 29.3 Å². The van der Waals surface area contributed by atoms with E-state index >= 15 is 0 Å². The zero-order valence-corrected chi connectivity index (χ0v) is 16.9. The first-order valence-corrected chi connectivity index (χ1v) is 10.1. The third-order valence-electron chi connectivity index (χ3n) is 4.89. The maximum atomic E-state index is 12.8. The molecule has 1 radical (unpaired) electrons. The number of carbonyl (C=O) groups is 2. The summed E-state index contributed by atoms with van der Waals surface area (Å²) in [7, 11) is 0. The van der Waals surface area contributed by atoms with Crippen molar-refractivity contribution in [3.05, 3.63) is 54.1 Å². The first-order chi connectivity index (χ1) is 13.5. The average Bonchev–Trinajstić information content (AvgIpc) is 2.71. The zero-order chi connectivity index (χ0) is 20.4. The Bertz CT molecular complexity index is 719. The van der Waals surface area contributed by atoms with E-state index in [2.05, 4.69) is 5.32 Å². The molecule has 0 aromatic heterocycles. The number of allylic oxidation sites excluding steroid dienone is 1. The number of nitrogens with one attached hydrogen (secondary N) is 1. The normalized spacial score (nSPS) is 17.3. The van der Waals surface area contributed by atoms with Crippen molar-refractivity contribution in [3.63, 3.8) is 0 Å². The van der Waals surface area contributed by atoms with Crippen LogP contribution in [0.3, 0.4) is 0 Å². The van der Waals surface area contributed by atoms with Gasteiger partial charge in [0.25, 0.3) is 5.91 Å². The molecular weight excluding hydrogens is 350 g/mol. The van der Waals surface area contributed by atoms with E-state index in [9.17, 15) is 14.9 Å². The summed E-state index contributed by atoms with van der Waals surface area (Å²) in [5.41, 5.74) is 1.36. The number of nitrogens with zero attached hydrogens (tertiary/aromatic N) is 2. The van der Waals surface area contributed by atoms with Crippen LogP contribution in [-0.4, -0.2) is 29.3 Å². The number of hydrogen-bond donors (Lipinski definition) is 1. The van der Waals surface area contributed by atoms with Gasteiger partial charge in [-0.2, -0.15) is 5.26 Å². The molecule has 0 saturated carbocycles. The fraction of sp³-hybridized carbons (Fsp3) is 0.478. The minimum Gasteiger partial charge on any atom is -0.351 e. The summed E-state index contributed by atoms with van der Waals surface area (Å²) >= 11 is 0. The molecule has 1 unspecified atom stereocenters. The van der Waals surface area contributed by atoms with Gasteiger partial charge in [0.2, 0.25) is 5.91 Å². The molecule has 1 aliphatic rings. The summed E-state index contributed by atoms with van der Waals surface area (Å²) in [4.78, 5) is 26.7. The predicted octanol–water partition coefficient (Wildman–Crippen LogP) is 3.77. The minimum absolute atomic E-state index is 0.0186. The van der Waals surface area contributed by atoms with Gasteiger partial charge in [-0.15, -0.1) is 0 Å². The minimum atomic E-state index is -0.197. The molecule has 0 spiro atoms. The van der Waals surface area contributed by atoms with Crippen molar-refractivity contribution in [1.82, 2.24) is 10.2 Å². The highest BCUT2D eigenvalue weighted by molar-refractivity contribution is 5.97. The fourth-order valence-corrected chi connectivity index (χ4v) is 3.48. The summed E-state index contributed by atoms with van der Waals surface area (Å²) in [5, 5.41) is 12.2. The molecule has 0 bridgehead atoms. The van der Waals surface area contributed by atoms with Crippen LogP contribution >= 0.6 is 0 Å². The number of benzene rings is 1. The average molecular weight is 381 g/mol. The van der Waals surface area contributed by atoms with Gasteiger partial charge in [0.15, 0.2) is 0 Å². The molecule has 2 rings (SSSR count). The largest absolute Gasteiger partial charge is 0.351 e. The van der Waals surface area contributed by atoms with E-state index in [4.69, 9.17) is 0 Å². The maximum absolute atomic E-state index is 12.8.